The molecule has 2 fully saturated rings. The summed E-state index contributed by atoms with van der Waals surface area (Å²) in [6, 6.07) is 13.6. The molecule has 0 radical (unpaired) electrons. The largest absolute Gasteiger partial charge is 0.356 e. The van der Waals surface area contributed by atoms with Gasteiger partial charge in [-0.05, 0) is 93.3 Å². The van der Waals surface area contributed by atoms with Crippen molar-refractivity contribution in [3.05, 3.63) is 71.2 Å². The first-order valence-corrected chi connectivity index (χ1v) is 14.4. The zero-order valence-electron chi connectivity index (χ0n) is 22.7. The highest BCUT2D eigenvalue weighted by Crippen LogP contribution is 2.37. The summed E-state index contributed by atoms with van der Waals surface area (Å²) >= 11 is 0. The first kappa shape index (κ1) is 28.6. The molecule has 38 heavy (non-hydrogen) atoms. The summed E-state index contributed by atoms with van der Waals surface area (Å²) < 4.78 is 16.9. The van der Waals surface area contributed by atoms with Crippen molar-refractivity contribution in [3.8, 4) is 0 Å². The summed E-state index contributed by atoms with van der Waals surface area (Å²) in [4.78, 5) is 13.2. The van der Waals surface area contributed by atoms with Gasteiger partial charge in [-0.3, -0.25) is 4.79 Å². The van der Waals surface area contributed by atoms with Gasteiger partial charge in [-0.25, -0.2) is 4.39 Å². The summed E-state index contributed by atoms with van der Waals surface area (Å²) in [5.74, 6) is 1.09. The van der Waals surface area contributed by atoms with Crippen molar-refractivity contribution in [3.63, 3.8) is 0 Å². The van der Waals surface area contributed by atoms with Crippen molar-refractivity contribution in [2.45, 2.75) is 77.2 Å². The molecule has 1 unspecified atom stereocenters. The van der Waals surface area contributed by atoms with Crippen molar-refractivity contribution in [2.75, 3.05) is 19.6 Å². The molecule has 206 valence electrons. The lowest BCUT2D eigenvalue weighted by Crippen LogP contribution is -2.31. The van der Waals surface area contributed by atoms with E-state index in [9.17, 15) is 9.18 Å². The van der Waals surface area contributed by atoms with Crippen molar-refractivity contribution in [1.29, 1.82) is 0 Å². The quantitative estimate of drug-likeness (QED) is 0.304. The highest BCUT2D eigenvalue weighted by atomic mass is 35.5. The van der Waals surface area contributed by atoms with Crippen LogP contribution in [0.4, 0.5) is 4.39 Å². The molecule has 1 aliphatic carbocycles. The molecule has 4 nitrogen and oxygen atoms in total. The molecule has 6 heteroatoms. The molecule has 1 atom stereocenters. The highest BCUT2D eigenvalue weighted by molar-refractivity contribution is 5.87. The lowest BCUT2D eigenvalue weighted by atomic mass is 9.87. The SMILES string of the molecule is Cc1cccc(C(CC(=O)NCCC2CCNCC2)c2cn(CC3CCCCC3)c3ccc(F)cc23)c1.Cl. The standard InChI is InChI=1S/C32H42FN3O.ClH/c1-23-6-5-9-26(18-23)28(20-32(37)35-17-14-24-12-15-34-16-13-24)30-22-36(21-25-7-3-2-4-8-25)31-11-10-27(33)19-29(30)31;/h5-6,9-11,18-19,22,24-25,28,34H,2-4,7-8,12-17,20-21H2,1H3,(H,35,37);1H. The molecule has 1 amide bonds. The molecule has 2 N–H and O–H groups in total. The number of aryl methyl sites for hydroxylation is 1. The Hall–Kier alpha value is -2.37. The predicted octanol–water partition coefficient (Wildman–Crippen LogP) is 7.12. The first-order chi connectivity index (χ1) is 18.1. The van der Waals surface area contributed by atoms with E-state index in [0.717, 1.165) is 54.6 Å². The van der Waals surface area contributed by atoms with Gasteiger partial charge in [0.05, 0.1) is 0 Å². The molecule has 2 aromatic carbocycles. The average molecular weight is 540 g/mol. The number of hydrogen-bond donors (Lipinski definition) is 2. The Morgan fingerprint density at radius 1 is 1.05 bits per heavy atom. The number of nitrogens with one attached hydrogen (secondary N) is 2. The van der Waals surface area contributed by atoms with Crippen LogP contribution < -0.4 is 10.6 Å². The van der Waals surface area contributed by atoms with Gasteiger partial charge in [0.2, 0.25) is 5.91 Å². The van der Waals surface area contributed by atoms with Gasteiger partial charge >= 0.3 is 0 Å². The molecule has 1 saturated carbocycles. The fourth-order valence-electron chi connectivity index (χ4n) is 6.51. The van der Waals surface area contributed by atoms with Gasteiger partial charge in [-0.1, -0.05) is 49.1 Å². The maximum atomic E-state index is 14.5. The number of carbonyl (C=O) groups is 1. The van der Waals surface area contributed by atoms with E-state index in [1.807, 2.05) is 6.07 Å². The Morgan fingerprint density at radius 3 is 2.61 bits per heavy atom. The van der Waals surface area contributed by atoms with Crippen LogP contribution in [-0.2, 0) is 11.3 Å². The molecule has 1 aliphatic heterocycles. The summed E-state index contributed by atoms with van der Waals surface area (Å²) in [7, 11) is 0. The van der Waals surface area contributed by atoms with Crippen molar-refractivity contribution >= 4 is 29.2 Å². The fraction of sp³-hybridized carbons (Fsp3) is 0.531. The molecule has 0 bridgehead atoms. The van der Waals surface area contributed by atoms with Crippen LogP contribution in [0.5, 0.6) is 0 Å². The van der Waals surface area contributed by atoms with Gasteiger partial charge in [0.25, 0.3) is 0 Å². The molecule has 1 aromatic heterocycles. The molecular formula is C32H43ClFN3O. The van der Waals surface area contributed by atoms with E-state index in [0.29, 0.717) is 18.3 Å². The van der Waals surface area contributed by atoms with Gasteiger partial charge in [-0.2, -0.15) is 0 Å². The summed E-state index contributed by atoms with van der Waals surface area (Å²) in [6.45, 7) is 5.93. The smallest absolute Gasteiger partial charge is 0.220 e. The van der Waals surface area contributed by atoms with Crippen LogP contribution in [-0.4, -0.2) is 30.1 Å². The molecule has 1 saturated heterocycles. The van der Waals surface area contributed by atoms with E-state index in [2.05, 4.69) is 52.6 Å². The van der Waals surface area contributed by atoms with E-state index >= 15 is 0 Å². The third kappa shape index (κ3) is 7.18. The van der Waals surface area contributed by atoms with Crippen LogP contribution in [0, 0.1) is 24.6 Å². The van der Waals surface area contributed by atoms with Crippen molar-refractivity contribution in [1.82, 2.24) is 15.2 Å². The molecule has 2 heterocycles. The van der Waals surface area contributed by atoms with E-state index in [-0.39, 0.29) is 30.0 Å². The van der Waals surface area contributed by atoms with Crippen LogP contribution in [0.15, 0.2) is 48.7 Å². The molecule has 2 aliphatic rings. The Kier molecular flexibility index (Phi) is 10.3. The summed E-state index contributed by atoms with van der Waals surface area (Å²) in [5.41, 5.74) is 4.43. The first-order valence-electron chi connectivity index (χ1n) is 14.4. The number of benzene rings is 2. The minimum atomic E-state index is -0.224. The normalized spacial score (nSPS) is 17.7. The minimum Gasteiger partial charge on any atom is -0.356 e. The fourth-order valence-corrected chi connectivity index (χ4v) is 6.51. The van der Waals surface area contributed by atoms with Crippen molar-refractivity contribution in [2.24, 2.45) is 11.8 Å². The second-order valence-corrected chi connectivity index (χ2v) is 11.4. The van der Waals surface area contributed by atoms with Crippen LogP contribution >= 0.6 is 12.4 Å². The Bertz CT molecular complexity index is 1200. The highest BCUT2D eigenvalue weighted by Gasteiger charge is 2.25. The Balaban J connectivity index is 0.00000336. The average Bonchev–Trinajstić information content (AvgIpc) is 3.25. The number of piperidine rings is 1. The Labute approximate surface area is 233 Å². The van der Waals surface area contributed by atoms with Gasteiger partial charge in [0.15, 0.2) is 0 Å². The zero-order chi connectivity index (χ0) is 25.6. The number of aromatic nitrogens is 1. The topological polar surface area (TPSA) is 46.1 Å². The number of carbonyl (C=O) groups excluding carboxylic acids is 1. The summed E-state index contributed by atoms with van der Waals surface area (Å²) in [6.07, 6.45) is 12.5. The predicted molar refractivity (Wildman–Crippen MR) is 157 cm³/mol. The number of amides is 1. The van der Waals surface area contributed by atoms with Gasteiger partial charge in [-0.15, -0.1) is 12.4 Å². The number of rotatable bonds is 9. The third-order valence-electron chi connectivity index (χ3n) is 8.60. The van der Waals surface area contributed by atoms with E-state index in [4.69, 9.17) is 0 Å². The molecular weight excluding hydrogens is 497 g/mol. The van der Waals surface area contributed by atoms with E-state index in [1.54, 1.807) is 12.1 Å². The van der Waals surface area contributed by atoms with Crippen LogP contribution in [0.2, 0.25) is 0 Å². The maximum absolute atomic E-state index is 14.5. The lowest BCUT2D eigenvalue weighted by Gasteiger charge is -2.23. The van der Waals surface area contributed by atoms with Crippen LogP contribution in [0.25, 0.3) is 10.9 Å². The number of halogens is 2. The van der Waals surface area contributed by atoms with Gasteiger partial charge in [0, 0.05) is 42.5 Å². The van der Waals surface area contributed by atoms with Gasteiger partial charge < -0.3 is 15.2 Å². The molecule has 5 rings (SSSR count). The van der Waals surface area contributed by atoms with Crippen molar-refractivity contribution < 1.29 is 9.18 Å². The maximum Gasteiger partial charge on any atom is 0.220 e. The minimum absolute atomic E-state index is 0. The van der Waals surface area contributed by atoms with E-state index < -0.39 is 0 Å². The van der Waals surface area contributed by atoms with Crippen LogP contribution in [0.3, 0.4) is 0 Å². The monoisotopic (exact) mass is 539 g/mol. The van der Waals surface area contributed by atoms with Crippen LogP contribution in [0.1, 0.15) is 80.4 Å². The Morgan fingerprint density at radius 2 is 1.84 bits per heavy atom. The number of nitrogens with zero attached hydrogens (tertiary/aromatic N) is 1. The second-order valence-electron chi connectivity index (χ2n) is 11.4. The summed E-state index contributed by atoms with van der Waals surface area (Å²) in [5, 5.41) is 7.55. The van der Waals surface area contributed by atoms with E-state index in [1.165, 1.54) is 50.5 Å². The molecule has 0 spiro atoms. The van der Waals surface area contributed by atoms with Gasteiger partial charge in [0.1, 0.15) is 5.82 Å². The third-order valence-corrected chi connectivity index (χ3v) is 8.60. The molecule has 3 aromatic rings. The lowest BCUT2D eigenvalue weighted by molar-refractivity contribution is -0.121. The number of hydrogen-bond acceptors (Lipinski definition) is 2. The second kappa shape index (κ2) is 13.6. The zero-order valence-corrected chi connectivity index (χ0v) is 23.5. The number of fused-ring (bicyclic) bond motifs is 1.